The highest BCUT2D eigenvalue weighted by Gasteiger charge is 2.10. The molecule has 96 valence electrons. The molecule has 0 atom stereocenters. The lowest BCUT2D eigenvalue weighted by atomic mass is 10.2. The van der Waals surface area contributed by atoms with E-state index in [1.807, 2.05) is 23.6 Å². The van der Waals surface area contributed by atoms with Gasteiger partial charge in [-0.15, -0.1) is 11.3 Å². The summed E-state index contributed by atoms with van der Waals surface area (Å²) in [6.45, 7) is 0.437. The van der Waals surface area contributed by atoms with E-state index in [4.69, 9.17) is 23.2 Å². The lowest BCUT2D eigenvalue weighted by Crippen LogP contribution is -2.21. The van der Waals surface area contributed by atoms with Crippen molar-refractivity contribution in [1.29, 1.82) is 0 Å². The van der Waals surface area contributed by atoms with Crippen LogP contribution in [0.3, 0.4) is 0 Å². The van der Waals surface area contributed by atoms with Crippen molar-refractivity contribution in [1.82, 2.24) is 9.55 Å². The number of hydrogen-bond acceptors (Lipinski definition) is 3. The molecular formula is C13H8Cl2N2OS. The van der Waals surface area contributed by atoms with Crippen LogP contribution in [0.5, 0.6) is 0 Å². The van der Waals surface area contributed by atoms with Gasteiger partial charge in [0.25, 0.3) is 5.56 Å². The molecule has 0 bridgehead atoms. The molecule has 3 aromatic rings. The number of thiophene rings is 1. The van der Waals surface area contributed by atoms with Crippen LogP contribution in [0.2, 0.25) is 10.2 Å². The topological polar surface area (TPSA) is 34.9 Å². The zero-order valence-corrected chi connectivity index (χ0v) is 12.0. The fourth-order valence-corrected chi connectivity index (χ4v) is 3.13. The van der Waals surface area contributed by atoms with E-state index >= 15 is 0 Å². The lowest BCUT2D eigenvalue weighted by molar-refractivity contribution is 0.742. The highest BCUT2D eigenvalue weighted by atomic mass is 35.5. The number of benzene rings is 1. The van der Waals surface area contributed by atoms with Crippen LogP contribution in [-0.4, -0.2) is 9.55 Å². The van der Waals surface area contributed by atoms with Gasteiger partial charge in [-0.05, 0) is 22.4 Å². The highest BCUT2D eigenvalue weighted by Crippen LogP contribution is 2.26. The van der Waals surface area contributed by atoms with Crippen molar-refractivity contribution in [2.45, 2.75) is 6.54 Å². The molecule has 0 saturated carbocycles. The lowest BCUT2D eigenvalue weighted by Gasteiger charge is -2.05. The molecule has 0 N–H and O–H groups in total. The Balaban J connectivity index is 2.07. The minimum absolute atomic E-state index is 0.0382. The Morgan fingerprint density at radius 1 is 1.26 bits per heavy atom. The molecule has 3 nitrogen and oxygen atoms in total. The Labute approximate surface area is 123 Å². The molecular weight excluding hydrogens is 303 g/mol. The van der Waals surface area contributed by atoms with Gasteiger partial charge in [0, 0.05) is 4.70 Å². The van der Waals surface area contributed by atoms with Gasteiger partial charge >= 0.3 is 0 Å². The highest BCUT2D eigenvalue weighted by molar-refractivity contribution is 7.17. The second kappa shape index (κ2) is 4.96. The van der Waals surface area contributed by atoms with Crippen molar-refractivity contribution in [2.24, 2.45) is 0 Å². The first-order valence-electron chi connectivity index (χ1n) is 5.52. The normalized spacial score (nSPS) is 11.1. The summed E-state index contributed by atoms with van der Waals surface area (Å²) in [7, 11) is 0. The van der Waals surface area contributed by atoms with E-state index in [0.717, 1.165) is 10.9 Å². The maximum absolute atomic E-state index is 12.0. The van der Waals surface area contributed by atoms with Gasteiger partial charge in [-0.2, -0.15) is 0 Å². The molecule has 0 unspecified atom stereocenters. The molecule has 2 aromatic heterocycles. The number of halogens is 2. The monoisotopic (exact) mass is 310 g/mol. The van der Waals surface area contributed by atoms with E-state index in [1.54, 1.807) is 11.3 Å². The summed E-state index contributed by atoms with van der Waals surface area (Å²) < 4.78 is 2.65. The summed E-state index contributed by atoms with van der Waals surface area (Å²) in [4.78, 5) is 15.9. The largest absolute Gasteiger partial charge is 0.293 e. The molecule has 0 aliphatic heterocycles. The Kier molecular flexibility index (Phi) is 3.31. The Hall–Kier alpha value is -1.36. The Morgan fingerprint density at radius 2 is 2.05 bits per heavy atom. The third-order valence-corrected chi connectivity index (χ3v) is 4.58. The molecule has 0 radical (unpaired) electrons. The van der Waals surface area contributed by atoms with Gasteiger partial charge < -0.3 is 0 Å². The maximum Gasteiger partial charge on any atom is 0.273 e. The number of hydrogen-bond donors (Lipinski definition) is 0. The van der Waals surface area contributed by atoms with Crippen LogP contribution in [0.1, 0.15) is 5.56 Å². The van der Waals surface area contributed by atoms with Crippen LogP contribution in [0, 0.1) is 0 Å². The summed E-state index contributed by atoms with van der Waals surface area (Å²) >= 11 is 13.2. The van der Waals surface area contributed by atoms with Gasteiger partial charge in [0.2, 0.25) is 0 Å². The smallest absolute Gasteiger partial charge is 0.273 e. The standard InChI is InChI=1S/C13H8Cl2N2OS/c14-11-12(15)16-7-17(13(11)18)5-8-6-19-10-4-2-1-3-9(8)10/h1-4,6-7H,5H2. The first-order chi connectivity index (χ1) is 9.16. The van der Waals surface area contributed by atoms with Crippen molar-refractivity contribution in [3.05, 3.63) is 62.1 Å². The van der Waals surface area contributed by atoms with E-state index in [1.165, 1.54) is 15.6 Å². The number of aromatic nitrogens is 2. The van der Waals surface area contributed by atoms with Crippen molar-refractivity contribution in [3.63, 3.8) is 0 Å². The molecule has 6 heteroatoms. The van der Waals surface area contributed by atoms with Gasteiger partial charge in [0.1, 0.15) is 5.02 Å². The van der Waals surface area contributed by atoms with Gasteiger partial charge in [0.05, 0.1) is 12.9 Å². The summed E-state index contributed by atoms with van der Waals surface area (Å²) in [5.41, 5.74) is 0.750. The third kappa shape index (κ3) is 2.27. The molecule has 19 heavy (non-hydrogen) atoms. The minimum atomic E-state index is -0.322. The SMILES string of the molecule is O=c1c(Cl)c(Cl)ncn1Cc1csc2ccccc12. The molecule has 3 rings (SSSR count). The van der Waals surface area contributed by atoms with Crippen LogP contribution in [0.4, 0.5) is 0 Å². The molecule has 0 amide bonds. The zero-order valence-electron chi connectivity index (χ0n) is 9.64. The van der Waals surface area contributed by atoms with Crippen LogP contribution in [0.15, 0.2) is 40.8 Å². The van der Waals surface area contributed by atoms with Crippen molar-refractivity contribution in [3.8, 4) is 0 Å². The predicted molar refractivity (Wildman–Crippen MR) is 79.4 cm³/mol. The maximum atomic E-state index is 12.0. The summed E-state index contributed by atoms with van der Waals surface area (Å²) in [5.74, 6) is 0. The van der Waals surface area contributed by atoms with E-state index in [9.17, 15) is 4.79 Å². The fraction of sp³-hybridized carbons (Fsp3) is 0.0769. The first kappa shape index (κ1) is 12.7. The molecule has 2 heterocycles. The molecule has 0 spiro atoms. The quantitative estimate of drug-likeness (QED) is 0.675. The third-order valence-electron chi connectivity index (χ3n) is 2.84. The Morgan fingerprint density at radius 3 is 2.89 bits per heavy atom. The summed E-state index contributed by atoms with van der Waals surface area (Å²) in [6, 6.07) is 8.07. The van der Waals surface area contributed by atoms with E-state index in [-0.39, 0.29) is 15.7 Å². The fourth-order valence-electron chi connectivity index (χ4n) is 1.90. The summed E-state index contributed by atoms with van der Waals surface area (Å²) in [6.07, 6.45) is 1.42. The average molecular weight is 311 g/mol. The van der Waals surface area contributed by atoms with Crippen LogP contribution in [0.25, 0.3) is 10.1 Å². The molecule has 0 saturated heterocycles. The number of nitrogens with zero attached hydrogens (tertiary/aromatic N) is 2. The minimum Gasteiger partial charge on any atom is -0.293 e. The van der Waals surface area contributed by atoms with E-state index < -0.39 is 0 Å². The van der Waals surface area contributed by atoms with Gasteiger partial charge in [-0.1, -0.05) is 41.4 Å². The van der Waals surface area contributed by atoms with Crippen molar-refractivity contribution < 1.29 is 0 Å². The molecule has 1 aromatic carbocycles. The molecule has 0 aliphatic rings. The predicted octanol–water partition coefficient (Wildman–Crippen LogP) is 3.81. The second-order valence-corrected chi connectivity index (χ2v) is 5.69. The Bertz CT molecular complexity index is 810. The summed E-state index contributed by atoms with van der Waals surface area (Å²) in [5, 5.41) is 3.19. The number of fused-ring (bicyclic) bond motifs is 1. The second-order valence-electron chi connectivity index (χ2n) is 4.04. The van der Waals surface area contributed by atoms with Gasteiger partial charge in [-0.25, -0.2) is 4.98 Å². The van der Waals surface area contributed by atoms with Crippen LogP contribution >= 0.6 is 34.5 Å². The average Bonchev–Trinajstić information content (AvgIpc) is 2.83. The first-order valence-corrected chi connectivity index (χ1v) is 7.16. The molecule has 0 aliphatic carbocycles. The van der Waals surface area contributed by atoms with E-state index in [2.05, 4.69) is 11.1 Å². The number of rotatable bonds is 2. The van der Waals surface area contributed by atoms with Crippen LogP contribution in [-0.2, 0) is 6.54 Å². The van der Waals surface area contributed by atoms with Crippen molar-refractivity contribution in [2.75, 3.05) is 0 Å². The van der Waals surface area contributed by atoms with Gasteiger partial charge in [-0.3, -0.25) is 9.36 Å². The van der Waals surface area contributed by atoms with Crippen LogP contribution < -0.4 is 5.56 Å². The van der Waals surface area contributed by atoms with Crippen molar-refractivity contribution >= 4 is 44.6 Å². The zero-order chi connectivity index (χ0) is 13.4. The van der Waals surface area contributed by atoms with E-state index in [0.29, 0.717) is 6.54 Å². The molecule has 0 fully saturated rings. The van der Waals surface area contributed by atoms with Gasteiger partial charge in [0.15, 0.2) is 5.15 Å².